The number of hydrogen-bond acceptors (Lipinski definition) is 3. The van der Waals surface area contributed by atoms with Gasteiger partial charge in [-0.3, -0.25) is 5.43 Å². The number of nitrogens with zero attached hydrogens (tertiary/aromatic N) is 2. The molecule has 0 fully saturated rings. The third kappa shape index (κ3) is 4.10. The summed E-state index contributed by atoms with van der Waals surface area (Å²) in [5.74, 6) is 0.880. The van der Waals surface area contributed by atoms with Gasteiger partial charge >= 0.3 is 0 Å². The summed E-state index contributed by atoms with van der Waals surface area (Å²) in [4.78, 5) is 0. The molecule has 23 heavy (non-hydrogen) atoms. The van der Waals surface area contributed by atoms with Crippen molar-refractivity contribution in [3.8, 4) is 11.4 Å². The van der Waals surface area contributed by atoms with Crippen LogP contribution < -0.4 is 15.5 Å². The molecule has 2 rings (SSSR count). The second-order valence-corrected chi connectivity index (χ2v) is 5.45. The Labute approximate surface area is 142 Å². The van der Waals surface area contributed by atoms with Crippen molar-refractivity contribution < 1.29 is 4.74 Å². The number of hydrogen-bond donors (Lipinski definition) is 2. The molecule has 122 valence electrons. The molecule has 2 N–H and O–H groups in total. The summed E-state index contributed by atoms with van der Waals surface area (Å²) < 4.78 is 7.68. The minimum absolute atomic E-state index is 0.488. The number of benzene rings is 1. The van der Waals surface area contributed by atoms with E-state index in [1.807, 2.05) is 19.1 Å². The van der Waals surface area contributed by atoms with E-state index in [-0.39, 0.29) is 0 Å². The minimum atomic E-state index is 0.488. The van der Waals surface area contributed by atoms with Crippen LogP contribution in [0.15, 0.2) is 35.4 Å². The summed E-state index contributed by atoms with van der Waals surface area (Å²) in [5.41, 5.74) is 7.17. The molecule has 1 aromatic carbocycles. The van der Waals surface area contributed by atoms with Gasteiger partial charge in [-0.05, 0) is 63.3 Å². The van der Waals surface area contributed by atoms with E-state index in [2.05, 4.69) is 52.5 Å². The van der Waals surface area contributed by atoms with E-state index in [1.165, 1.54) is 0 Å². The average Bonchev–Trinajstić information content (AvgIpc) is 2.83. The molecule has 5 nitrogen and oxygen atoms in total. The van der Waals surface area contributed by atoms with Crippen LogP contribution in [0.4, 0.5) is 0 Å². The lowest BCUT2D eigenvalue weighted by Gasteiger charge is -2.11. The lowest BCUT2D eigenvalue weighted by molar-refractivity contribution is 0.340. The van der Waals surface area contributed by atoms with Gasteiger partial charge in [-0.25, -0.2) is 0 Å². The average molecular weight is 330 g/mol. The van der Waals surface area contributed by atoms with Crippen molar-refractivity contribution in [1.29, 1.82) is 0 Å². The second-order valence-electron chi connectivity index (χ2n) is 5.04. The van der Waals surface area contributed by atoms with E-state index >= 15 is 0 Å². The summed E-state index contributed by atoms with van der Waals surface area (Å²) in [6.07, 6.45) is 1.77. The van der Waals surface area contributed by atoms with Gasteiger partial charge in [-0.2, -0.15) is 5.10 Å². The van der Waals surface area contributed by atoms with E-state index in [1.54, 1.807) is 13.3 Å². The molecule has 0 saturated heterocycles. The summed E-state index contributed by atoms with van der Waals surface area (Å²) in [6.45, 7) is 6.80. The van der Waals surface area contributed by atoms with E-state index in [0.717, 1.165) is 28.4 Å². The van der Waals surface area contributed by atoms with Crippen LogP contribution in [0.5, 0.6) is 5.75 Å². The van der Waals surface area contributed by atoms with Gasteiger partial charge < -0.3 is 14.6 Å². The monoisotopic (exact) mass is 330 g/mol. The van der Waals surface area contributed by atoms with Crippen molar-refractivity contribution in [2.75, 3.05) is 13.7 Å². The molecule has 0 radical (unpaired) electrons. The highest BCUT2D eigenvalue weighted by Crippen LogP contribution is 2.22. The first-order chi connectivity index (χ1) is 11.1. The highest BCUT2D eigenvalue weighted by atomic mass is 32.1. The Morgan fingerprint density at radius 3 is 2.61 bits per heavy atom. The van der Waals surface area contributed by atoms with Crippen molar-refractivity contribution in [2.24, 2.45) is 5.10 Å². The summed E-state index contributed by atoms with van der Waals surface area (Å²) >= 11 is 4.99. The Balaban J connectivity index is 2.25. The molecule has 0 aliphatic rings. The molecule has 0 spiro atoms. The number of nitrogens with one attached hydrogen (secondary N) is 2. The predicted molar refractivity (Wildman–Crippen MR) is 98.8 cm³/mol. The van der Waals surface area contributed by atoms with E-state index in [4.69, 9.17) is 17.0 Å². The van der Waals surface area contributed by atoms with Crippen LogP contribution in [0.3, 0.4) is 0 Å². The molecule has 0 bridgehead atoms. The topological polar surface area (TPSA) is 50.6 Å². The fraction of sp³-hybridized carbons (Fsp3) is 0.294. The second kappa shape index (κ2) is 7.78. The van der Waals surface area contributed by atoms with Gasteiger partial charge in [0.2, 0.25) is 0 Å². The fourth-order valence-corrected chi connectivity index (χ4v) is 2.44. The van der Waals surface area contributed by atoms with Crippen LogP contribution in [0.1, 0.15) is 23.9 Å². The largest absolute Gasteiger partial charge is 0.494 e. The third-order valence-corrected chi connectivity index (χ3v) is 3.77. The molecule has 2 aromatic rings. The highest BCUT2D eigenvalue weighted by molar-refractivity contribution is 7.80. The van der Waals surface area contributed by atoms with Crippen LogP contribution in [0, 0.1) is 13.8 Å². The van der Waals surface area contributed by atoms with Gasteiger partial charge in [-0.1, -0.05) is 0 Å². The van der Waals surface area contributed by atoms with Crippen molar-refractivity contribution in [3.05, 3.63) is 47.3 Å². The minimum Gasteiger partial charge on any atom is -0.494 e. The lowest BCUT2D eigenvalue weighted by Crippen LogP contribution is -2.28. The third-order valence-electron chi connectivity index (χ3n) is 3.47. The molecule has 1 aromatic heterocycles. The number of hydrazone groups is 1. The molecule has 6 heteroatoms. The van der Waals surface area contributed by atoms with E-state index in [0.29, 0.717) is 11.7 Å². The first-order valence-electron chi connectivity index (χ1n) is 7.49. The zero-order valence-corrected chi connectivity index (χ0v) is 14.7. The van der Waals surface area contributed by atoms with E-state index in [9.17, 15) is 0 Å². The number of ether oxygens (including phenoxy) is 1. The van der Waals surface area contributed by atoms with Crippen molar-refractivity contribution in [2.45, 2.75) is 20.8 Å². The zero-order valence-electron chi connectivity index (χ0n) is 13.9. The van der Waals surface area contributed by atoms with Crippen LogP contribution in [-0.4, -0.2) is 29.5 Å². The van der Waals surface area contributed by atoms with Crippen molar-refractivity contribution in [1.82, 2.24) is 15.3 Å². The van der Waals surface area contributed by atoms with Gasteiger partial charge in [-0.15, -0.1) is 0 Å². The van der Waals surface area contributed by atoms with Gasteiger partial charge in [0.05, 0.1) is 12.8 Å². The van der Waals surface area contributed by atoms with Crippen LogP contribution >= 0.6 is 12.2 Å². The van der Waals surface area contributed by atoms with Gasteiger partial charge in [0.1, 0.15) is 5.75 Å². The van der Waals surface area contributed by atoms with Crippen molar-refractivity contribution >= 4 is 23.5 Å². The molecule has 1 heterocycles. The van der Waals surface area contributed by atoms with Gasteiger partial charge in [0.15, 0.2) is 5.11 Å². The predicted octanol–water partition coefficient (Wildman–Crippen LogP) is 2.92. The number of aromatic nitrogens is 1. The van der Waals surface area contributed by atoms with E-state index < -0.39 is 0 Å². The maximum absolute atomic E-state index is 5.49. The first kappa shape index (κ1) is 17.0. The Hall–Kier alpha value is -2.34. The Morgan fingerprint density at radius 2 is 2.00 bits per heavy atom. The smallest absolute Gasteiger partial charge is 0.186 e. The lowest BCUT2D eigenvalue weighted by atomic mass is 10.2. The Morgan fingerprint density at radius 1 is 1.30 bits per heavy atom. The SMILES string of the molecule is CCOc1ccc(-n2c(C)cc(/C=N\NC(=S)NC)c2C)cc1. The molecule has 0 unspecified atom stereocenters. The quantitative estimate of drug-likeness (QED) is 0.503. The highest BCUT2D eigenvalue weighted by Gasteiger charge is 2.09. The summed E-state index contributed by atoms with van der Waals surface area (Å²) in [5, 5.41) is 7.45. The van der Waals surface area contributed by atoms with Crippen LogP contribution in [0.2, 0.25) is 0 Å². The number of aryl methyl sites for hydroxylation is 1. The molecule has 0 aliphatic carbocycles. The Kier molecular flexibility index (Phi) is 5.76. The maximum atomic E-state index is 5.49. The molecule has 0 amide bonds. The first-order valence-corrected chi connectivity index (χ1v) is 7.90. The van der Waals surface area contributed by atoms with Crippen LogP contribution in [-0.2, 0) is 0 Å². The normalized spacial score (nSPS) is 10.8. The number of thiocarbonyl (C=S) groups is 1. The number of rotatable bonds is 5. The zero-order chi connectivity index (χ0) is 16.8. The maximum Gasteiger partial charge on any atom is 0.186 e. The van der Waals surface area contributed by atoms with Gasteiger partial charge in [0.25, 0.3) is 0 Å². The summed E-state index contributed by atoms with van der Waals surface area (Å²) in [7, 11) is 1.75. The molecule has 0 saturated carbocycles. The van der Waals surface area contributed by atoms with Gasteiger partial charge in [0, 0.05) is 29.7 Å². The fourth-order valence-electron chi connectivity index (χ4n) is 2.39. The molecular formula is C17H22N4OS. The molecule has 0 atom stereocenters. The standard InChI is InChI=1S/C17H22N4OS/c1-5-22-16-8-6-15(7-9-16)21-12(2)10-14(13(21)3)11-19-20-17(23)18-4/h6-11H,5H2,1-4H3,(H2,18,20,23)/b19-11-. The summed E-state index contributed by atoms with van der Waals surface area (Å²) in [6, 6.07) is 10.2. The molecular weight excluding hydrogens is 308 g/mol. The Bertz CT molecular complexity index is 704. The molecule has 0 aliphatic heterocycles. The van der Waals surface area contributed by atoms with Crippen LogP contribution in [0.25, 0.3) is 5.69 Å². The van der Waals surface area contributed by atoms with Crippen molar-refractivity contribution in [3.63, 3.8) is 0 Å².